The van der Waals surface area contributed by atoms with E-state index >= 15 is 0 Å². The first-order chi connectivity index (χ1) is 14.8. The van der Waals surface area contributed by atoms with Crippen molar-refractivity contribution >= 4 is 29.5 Å². The van der Waals surface area contributed by atoms with Gasteiger partial charge in [-0.3, -0.25) is 14.5 Å². The van der Waals surface area contributed by atoms with Crippen molar-refractivity contribution in [3.8, 4) is 6.07 Å². The molecule has 1 aliphatic heterocycles. The van der Waals surface area contributed by atoms with Gasteiger partial charge in [-0.25, -0.2) is 19.2 Å². The van der Waals surface area contributed by atoms with Gasteiger partial charge in [-0.05, 0) is 32.0 Å². The second kappa shape index (κ2) is 7.56. The lowest BCUT2D eigenvalue weighted by Gasteiger charge is -2.27. The Morgan fingerprint density at radius 2 is 1.91 bits per heavy atom. The first kappa shape index (κ1) is 22.6. The van der Waals surface area contributed by atoms with Crippen molar-refractivity contribution in [2.45, 2.75) is 25.6 Å². The number of carbonyl (C=O) groups excluding carboxylic acids is 3. The van der Waals surface area contributed by atoms with Crippen LogP contribution in [-0.2, 0) is 11.0 Å². The molecule has 4 amide bonds. The number of rotatable bonds is 3. The second-order valence-electron chi connectivity index (χ2n) is 7.10. The van der Waals surface area contributed by atoms with Crippen molar-refractivity contribution in [1.82, 2.24) is 15.3 Å². The number of urea groups is 1. The molecule has 1 saturated heterocycles. The van der Waals surface area contributed by atoms with E-state index in [0.29, 0.717) is 11.1 Å². The Balaban J connectivity index is 2.10. The highest BCUT2D eigenvalue weighted by Gasteiger charge is 2.54. The van der Waals surface area contributed by atoms with E-state index in [9.17, 15) is 31.9 Å². The Labute approximate surface area is 178 Å². The number of hydrogen-bond donors (Lipinski definition) is 1. The second-order valence-corrected chi connectivity index (χ2v) is 7.10. The Bertz CT molecular complexity index is 1190. The number of aromatic nitrogens is 2. The van der Waals surface area contributed by atoms with E-state index in [1.807, 2.05) is 0 Å². The molecule has 3 rings (SSSR count). The molecule has 0 aliphatic carbocycles. The Morgan fingerprint density at radius 3 is 2.44 bits per heavy atom. The van der Waals surface area contributed by atoms with Crippen LogP contribution in [0.1, 0.15) is 35.5 Å². The summed E-state index contributed by atoms with van der Waals surface area (Å²) in [5.74, 6) is -3.56. The van der Waals surface area contributed by atoms with E-state index in [0.717, 1.165) is 17.0 Å². The van der Waals surface area contributed by atoms with E-state index in [4.69, 9.17) is 5.26 Å². The number of nitrogens with one attached hydrogen (secondary N) is 1. The molecule has 13 heteroatoms. The topological polar surface area (TPSA) is 119 Å². The predicted molar refractivity (Wildman–Crippen MR) is 101 cm³/mol. The molecule has 1 aliphatic rings. The molecule has 32 heavy (non-hydrogen) atoms. The van der Waals surface area contributed by atoms with E-state index in [-0.39, 0.29) is 11.3 Å². The largest absolute Gasteiger partial charge is 0.434 e. The van der Waals surface area contributed by atoms with Gasteiger partial charge in [0.15, 0.2) is 5.69 Å². The lowest BCUT2D eigenvalue weighted by molar-refractivity contribution is -0.141. The lowest BCUT2D eigenvalue weighted by Crippen LogP contribution is -2.44. The van der Waals surface area contributed by atoms with Crippen LogP contribution in [0.15, 0.2) is 24.4 Å². The minimum absolute atomic E-state index is 0.120. The van der Waals surface area contributed by atoms with Crippen molar-refractivity contribution in [2.75, 3.05) is 16.8 Å². The standard InChI is InChI=1S/C19H14F4N6O3/c1-18(2)15(31)28(16-26-8-9(7-24)13(27-16)19(21,22)23)17(32)29(18)10-4-5-11(12(20)6-10)14(30)25-3/h4-6,8H,1-3H3,(H,25,30). The maximum atomic E-state index is 14.4. The molecule has 1 aromatic carbocycles. The zero-order chi connectivity index (χ0) is 24.0. The third-order valence-corrected chi connectivity index (χ3v) is 4.72. The Morgan fingerprint density at radius 1 is 1.25 bits per heavy atom. The van der Waals surface area contributed by atoms with Crippen molar-refractivity contribution in [3.63, 3.8) is 0 Å². The molecule has 1 aromatic heterocycles. The number of hydrogen-bond acceptors (Lipinski definition) is 6. The molecule has 0 spiro atoms. The number of amides is 4. The van der Waals surface area contributed by atoms with Gasteiger partial charge in [0, 0.05) is 12.7 Å². The van der Waals surface area contributed by atoms with Gasteiger partial charge in [-0.1, -0.05) is 0 Å². The van der Waals surface area contributed by atoms with Crippen LogP contribution in [-0.4, -0.2) is 40.4 Å². The molecule has 9 nitrogen and oxygen atoms in total. The summed E-state index contributed by atoms with van der Waals surface area (Å²) in [6.07, 6.45) is -4.48. The monoisotopic (exact) mass is 450 g/mol. The van der Waals surface area contributed by atoms with Crippen LogP contribution in [0.25, 0.3) is 0 Å². The number of alkyl halides is 3. The summed E-state index contributed by atoms with van der Waals surface area (Å²) in [5, 5.41) is 11.1. The van der Waals surface area contributed by atoms with Gasteiger partial charge >= 0.3 is 12.2 Å². The SMILES string of the molecule is CNC(=O)c1ccc(N2C(=O)N(c3ncc(C#N)c(C(F)(F)F)n3)C(=O)C2(C)C)cc1F. The number of benzene rings is 1. The summed E-state index contributed by atoms with van der Waals surface area (Å²) < 4.78 is 54.2. The Hall–Kier alpha value is -4.08. The molecule has 0 atom stereocenters. The predicted octanol–water partition coefficient (Wildman–Crippen LogP) is 2.62. The Kier molecular flexibility index (Phi) is 5.34. The number of halogens is 4. The lowest BCUT2D eigenvalue weighted by atomic mass is 10.0. The van der Waals surface area contributed by atoms with Crippen molar-refractivity contribution in [3.05, 3.63) is 47.0 Å². The molecule has 1 N–H and O–H groups in total. The van der Waals surface area contributed by atoms with E-state index in [1.165, 1.54) is 33.0 Å². The molecule has 2 aromatic rings. The fraction of sp³-hybridized carbons (Fsp3) is 0.263. The van der Waals surface area contributed by atoms with Crippen LogP contribution < -0.4 is 15.1 Å². The van der Waals surface area contributed by atoms with Crippen LogP contribution in [0.3, 0.4) is 0 Å². The fourth-order valence-electron chi connectivity index (χ4n) is 3.14. The summed E-state index contributed by atoms with van der Waals surface area (Å²) in [7, 11) is 1.30. The van der Waals surface area contributed by atoms with Crippen LogP contribution in [0.2, 0.25) is 0 Å². The minimum atomic E-state index is -5.04. The normalized spacial score (nSPS) is 15.7. The maximum Gasteiger partial charge on any atom is 0.434 e. The average molecular weight is 450 g/mol. The van der Waals surface area contributed by atoms with Gasteiger partial charge in [-0.2, -0.15) is 23.3 Å². The molecular weight excluding hydrogens is 436 g/mol. The first-order valence-electron chi connectivity index (χ1n) is 8.89. The average Bonchev–Trinajstić information content (AvgIpc) is 2.90. The third kappa shape index (κ3) is 3.49. The number of nitrogens with zero attached hydrogens (tertiary/aromatic N) is 5. The molecular formula is C19H14F4N6O3. The highest BCUT2D eigenvalue weighted by Crippen LogP contribution is 2.37. The third-order valence-electron chi connectivity index (χ3n) is 4.72. The van der Waals surface area contributed by atoms with Gasteiger partial charge in [0.25, 0.3) is 11.8 Å². The number of anilines is 2. The number of nitriles is 1. The molecule has 0 saturated carbocycles. The molecule has 1 fully saturated rings. The summed E-state index contributed by atoms with van der Waals surface area (Å²) in [4.78, 5) is 45.6. The summed E-state index contributed by atoms with van der Waals surface area (Å²) in [6.45, 7) is 2.60. The summed E-state index contributed by atoms with van der Waals surface area (Å²) >= 11 is 0. The summed E-state index contributed by atoms with van der Waals surface area (Å²) in [6, 6.07) is 3.33. The van der Waals surface area contributed by atoms with Gasteiger partial charge in [0.2, 0.25) is 5.95 Å². The van der Waals surface area contributed by atoms with Gasteiger partial charge in [0.1, 0.15) is 23.0 Å². The summed E-state index contributed by atoms with van der Waals surface area (Å²) in [5.41, 5.74) is -4.58. The highest BCUT2D eigenvalue weighted by molar-refractivity contribution is 6.29. The number of carbonyl (C=O) groups is 3. The van der Waals surface area contributed by atoms with Gasteiger partial charge < -0.3 is 5.32 Å². The number of imide groups is 1. The highest BCUT2D eigenvalue weighted by atomic mass is 19.4. The van der Waals surface area contributed by atoms with Crippen LogP contribution in [0.5, 0.6) is 0 Å². The van der Waals surface area contributed by atoms with E-state index < -0.39 is 52.6 Å². The molecule has 0 bridgehead atoms. The van der Waals surface area contributed by atoms with Crippen molar-refractivity contribution in [1.29, 1.82) is 5.26 Å². The van der Waals surface area contributed by atoms with E-state index in [2.05, 4.69) is 15.3 Å². The quantitative estimate of drug-likeness (QED) is 0.567. The fourth-order valence-corrected chi connectivity index (χ4v) is 3.14. The minimum Gasteiger partial charge on any atom is -0.355 e. The van der Waals surface area contributed by atoms with Crippen molar-refractivity contribution in [2.24, 2.45) is 0 Å². The zero-order valence-electron chi connectivity index (χ0n) is 16.8. The van der Waals surface area contributed by atoms with Crippen LogP contribution in [0.4, 0.5) is 34.0 Å². The maximum absolute atomic E-state index is 14.4. The van der Waals surface area contributed by atoms with Crippen LogP contribution >= 0.6 is 0 Å². The van der Waals surface area contributed by atoms with Gasteiger partial charge in [-0.15, -0.1) is 0 Å². The molecule has 2 heterocycles. The first-order valence-corrected chi connectivity index (χ1v) is 8.89. The smallest absolute Gasteiger partial charge is 0.355 e. The van der Waals surface area contributed by atoms with Gasteiger partial charge in [0.05, 0.1) is 11.8 Å². The van der Waals surface area contributed by atoms with E-state index in [1.54, 1.807) is 0 Å². The molecule has 0 unspecified atom stereocenters. The van der Waals surface area contributed by atoms with Crippen LogP contribution in [0, 0.1) is 17.1 Å². The molecule has 0 radical (unpaired) electrons. The van der Waals surface area contributed by atoms with Crippen molar-refractivity contribution < 1.29 is 31.9 Å². The molecule has 166 valence electrons. The zero-order valence-corrected chi connectivity index (χ0v) is 16.8.